The van der Waals surface area contributed by atoms with Crippen molar-refractivity contribution in [3.05, 3.63) is 64.7 Å². The van der Waals surface area contributed by atoms with Gasteiger partial charge in [-0.3, -0.25) is 19.3 Å². The van der Waals surface area contributed by atoms with Crippen LogP contribution in [0.25, 0.3) is 0 Å². The number of nitrogens with one attached hydrogen (secondary N) is 2. The van der Waals surface area contributed by atoms with Crippen LogP contribution in [0.4, 0.5) is 10.5 Å². The van der Waals surface area contributed by atoms with E-state index in [1.165, 1.54) is 4.90 Å². The second-order valence-corrected chi connectivity index (χ2v) is 8.30. The molecule has 2 aromatic rings. The summed E-state index contributed by atoms with van der Waals surface area (Å²) in [5.41, 5.74) is 0.834. The van der Waals surface area contributed by atoms with Gasteiger partial charge in [-0.05, 0) is 43.5 Å². The Hall–Kier alpha value is -3.39. The molecule has 174 valence electrons. The smallest absolute Gasteiger partial charge is 0.325 e. The zero-order valence-electron chi connectivity index (χ0n) is 18.9. The van der Waals surface area contributed by atoms with E-state index in [1.807, 2.05) is 13.0 Å². The summed E-state index contributed by atoms with van der Waals surface area (Å²) in [6.07, 6.45) is 0.338. The quantitative estimate of drug-likeness (QED) is 0.578. The van der Waals surface area contributed by atoms with E-state index in [2.05, 4.69) is 10.6 Å². The summed E-state index contributed by atoms with van der Waals surface area (Å²) < 4.78 is 0. The normalized spacial score (nSPS) is 17.6. The number of halogens is 1. The molecule has 0 aliphatic carbocycles. The SMILES string of the molecule is CCN(CC(=O)Nc1cc(Cl)ccc1C)C(=O)CN1C(=O)N[C@](CC)(c2ccccc2)C1=O. The van der Waals surface area contributed by atoms with Crippen molar-refractivity contribution >= 4 is 41.0 Å². The Kier molecular flexibility index (Phi) is 7.38. The summed E-state index contributed by atoms with van der Waals surface area (Å²) in [6, 6.07) is 13.5. The number of carbonyl (C=O) groups excluding carboxylic acids is 4. The van der Waals surface area contributed by atoms with E-state index in [0.717, 1.165) is 10.5 Å². The summed E-state index contributed by atoms with van der Waals surface area (Å²) in [5, 5.41) is 5.99. The number of imide groups is 1. The van der Waals surface area contributed by atoms with E-state index in [0.29, 0.717) is 22.7 Å². The van der Waals surface area contributed by atoms with Gasteiger partial charge in [0.15, 0.2) is 0 Å². The van der Waals surface area contributed by atoms with Gasteiger partial charge in [-0.1, -0.05) is 54.9 Å². The molecule has 1 aliphatic heterocycles. The largest absolute Gasteiger partial charge is 0.332 e. The number of benzene rings is 2. The van der Waals surface area contributed by atoms with Crippen molar-refractivity contribution in [1.29, 1.82) is 0 Å². The molecule has 1 aliphatic rings. The van der Waals surface area contributed by atoms with E-state index in [4.69, 9.17) is 11.6 Å². The first-order valence-corrected chi connectivity index (χ1v) is 11.1. The third-order valence-electron chi connectivity index (χ3n) is 5.81. The minimum absolute atomic E-state index is 0.220. The fraction of sp³-hybridized carbons (Fsp3) is 0.333. The summed E-state index contributed by atoms with van der Waals surface area (Å²) in [6.45, 7) is 4.93. The highest BCUT2D eigenvalue weighted by molar-refractivity contribution is 6.31. The summed E-state index contributed by atoms with van der Waals surface area (Å²) in [5.74, 6) is -1.39. The van der Waals surface area contributed by atoms with E-state index in [-0.39, 0.29) is 13.1 Å². The minimum atomic E-state index is -1.21. The van der Waals surface area contributed by atoms with E-state index in [1.54, 1.807) is 56.3 Å². The molecule has 0 saturated carbocycles. The van der Waals surface area contributed by atoms with E-state index < -0.39 is 35.8 Å². The number of aryl methyl sites for hydroxylation is 1. The van der Waals surface area contributed by atoms with Crippen LogP contribution in [0.15, 0.2) is 48.5 Å². The second-order valence-electron chi connectivity index (χ2n) is 7.86. The topological polar surface area (TPSA) is 98.8 Å². The van der Waals surface area contributed by atoms with Gasteiger partial charge in [0.05, 0.1) is 6.54 Å². The monoisotopic (exact) mass is 470 g/mol. The van der Waals surface area contributed by atoms with Gasteiger partial charge in [0.2, 0.25) is 11.8 Å². The summed E-state index contributed by atoms with van der Waals surface area (Å²) in [7, 11) is 0. The molecule has 0 spiro atoms. The van der Waals surface area contributed by atoms with Crippen LogP contribution in [0.3, 0.4) is 0 Å². The third kappa shape index (κ3) is 5.01. The van der Waals surface area contributed by atoms with Crippen molar-refractivity contribution in [2.24, 2.45) is 0 Å². The molecule has 0 unspecified atom stereocenters. The van der Waals surface area contributed by atoms with Crippen LogP contribution in [0.5, 0.6) is 0 Å². The highest BCUT2D eigenvalue weighted by Crippen LogP contribution is 2.32. The lowest BCUT2D eigenvalue weighted by molar-refractivity contribution is -0.140. The molecule has 0 radical (unpaired) electrons. The van der Waals surface area contributed by atoms with Crippen LogP contribution in [-0.4, -0.2) is 53.2 Å². The van der Waals surface area contributed by atoms with Crippen LogP contribution < -0.4 is 10.6 Å². The highest BCUT2D eigenvalue weighted by atomic mass is 35.5. The highest BCUT2D eigenvalue weighted by Gasteiger charge is 2.51. The number of urea groups is 1. The molecule has 1 atom stereocenters. The maximum Gasteiger partial charge on any atom is 0.325 e. The van der Waals surface area contributed by atoms with Gasteiger partial charge < -0.3 is 15.5 Å². The molecular weight excluding hydrogens is 444 g/mol. The summed E-state index contributed by atoms with van der Waals surface area (Å²) in [4.78, 5) is 53.5. The average molecular weight is 471 g/mol. The van der Waals surface area contributed by atoms with Crippen molar-refractivity contribution in [3.63, 3.8) is 0 Å². The molecule has 1 fully saturated rings. The molecule has 0 aromatic heterocycles. The van der Waals surface area contributed by atoms with Gasteiger partial charge in [0.1, 0.15) is 12.1 Å². The Balaban J connectivity index is 1.70. The maximum atomic E-state index is 13.2. The standard InChI is InChI=1S/C24H27ClN4O4/c1-4-24(17-9-7-6-8-10-17)22(32)29(23(33)27-24)15-21(31)28(5-2)14-20(30)26-19-13-18(25)12-11-16(19)3/h6-13H,4-5,14-15H2,1-3H3,(H,26,30)(H,27,33)/t24-/m1/s1. The van der Waals surface area contributed by atoms with Crippen LogP contribution in [0.1, 0.15) is 31.4 Å². The predicted molar refractivity (Wildman–Crippen MR) is 126 cm³/mol. The van der Waals surface area contributed by atoms with E-state index in [9.17, 15) is 19.2 Å². The number of amides is 5. The first-order chi connectivity index (χ1) is 15.7. The van der Waals surface area contributed by atoms with Gasteiger partial charge in [-0.2, -0.15) is 0 Å². The van der Waals surface area contributed by atoms with Crippen molar-refractivity contribution in [3.8, 4) is 0 Å². The molecule has 2 N–H and O–H groups in total. The number of nitrogens with zero attached hydrogens (tertiary/aromatic N) is 2. The van der Waals surface area contributed by atoms with Crippen LogP contribution in [0.2, 0.25) is 5.02 Å². The number of hydrogen-bond acceptors (Lipinski definition) is 4. The van der Waals surface area contributed by atoms with Gasteiger partial charge >= 0.3 is 6.03 Å². The number of anilines is 1. The van der Waals surface area contributed by atoms with Crippen LogP contribution in [-0.2, 0) is 19.9 Å². The third-order valence-corrected chi connectivity index (χ3v) is 6.04. The number of rotatable bonds is 8. The number of hydrogen-bond donors (Lipinski definition) is 2. The molecule has 9 heteroatoms. The Bertz CT molecular complexity index is 1080. The van der Waals surface area contributed by atoms with Crippen molar-refractivity contribution in [2.75, 3.05) is 25.0 Å². The molecular formula is C24H27ClN4O4. The molecule has 33 heavy (non-hydrogen) atoms. The fourth-order valence-corrected chi connectivity index (χ4v) is 4.01. The Morgan fingerprint density at radius 1 is 1.12 bits per heavy atom. The number of carbonyl (C=O) groups is 4. The first kappa shape index (κ1) is 24.3. The zero-order chi connectivity index (χ0) is 24.2. The lowest BCUT2D eigenvalue weighted by Crippen LogP contribution is -2.47. The maximum absolute atomic E-state index is 13.2. The first-order valence-electron chi connectivity index (χ1n) is 10.7. The van der Waals surface area contributed by atoms with Gasteiger partial charge in [0, 0.05) is 17.3 Å². The minimum Gasteiger partial charge on any atom is -0.332 e. The van der Waals surface area contributed by atoms with Crippen LogP contribution >= 0.6 is 11.6 Å². The van der Waals surface area contributed by atoms with Gasteiger partial charge in [-0.25, -0.2) is 4.79 Å². The fourth-order valence-electron chi connectivity index (χ4n) is 3.84. The average Bonchev–Trinajstić information content (AvgIpc) is 3.05. The molecule has 8 nitrogen and oxygen atoms in total. The number of likely N-dealkylation sites (N-methyl/N-ethyl adjacent to an activating group) is 1. The Labute approximate surface area is 197 Å². The zero-order valence-corrected chi connectivity index (χ0v) is 19.6. The van der Waals surface area contributed by atoms with Gasteiger partial charge in [0.25, 0.3) is 5.91 Å². The van der Waals surface area contributed by atoms with Crippen molar-refractivity contribution in [2.45, 2.75) is 32.7 Å². The Morgan fingerprint density at radius 3 is 2.45 bits per heavy atom. The van der Waals surface area contributed by atoms with E-state index >= 15 is 0 Å². The van der Waals surface area contributed by atoms with Crippen LogP contribution in [0, 0.1) is 6.92 Å². The lowest BCUT2D eigenvalue weighted by atomic mass is 9.87. The van der Waals surface area contributed by atoms with Crippen molar-refractivity contribution < 1.29 is 19.2 Å². The van der Waals surface area contributed by atoms with Gasteiger partial charge in [-0.15, -0.1) is 0 Å². The molecule has 3 rings (SSSR count). The molecule has 0 bridgehead atoms. The molecule has 2 aromatic carbocycles. The predicted octanol–water partition coefficient (Wildman–Crippen LogP) is 3.29. The molecule has 1 heterocycles. The lowest BCUT2D eigenvalue weighted by Gasteiger charge is -2.26. The summed E-state index contributed by atoms with van der Waals surface area (Å²) >= 11 is 5.99. The molecule has 5 amide bonds. The molecule has 1 saturated heterocycles. The van der Waals surface area contributed by atoms with Crippen molar-refractivity contribution in [1.82, 2.24) is 15.1 Å². The second kappa shape index (κ2) is 10.0. The Morgan fingerprint density at radius 2 is 1.82 bits per heavy atom.